The Labute approximate surface area is 170 Å². The van der Waals surface area contributed by atoms with Crippen molar-refractivity contribution in [3.8, 4) is 11.5 Å². The molecule has 0 aliphatic heterocycles. The summed E-state index contributed by atoms with van der Waals surface area (Å²) in [5, 5.41) is 5.71. The fourth-order valence-corrected chi connectivity index (χ4v) is 2.85. The summed E-state index contributed by atoms with van der Waals surface area (Å²) in [4.78, 5) is 25.0. The number of ether oxygens (including phenoxy) is 1. The van der Waals surface area contributed by atoms with Gasteiger partial charge in [0, 0.05) is 12.8 Å². The van der Waals surface area contributed by atoms with Gasteiger partial charge in [0.2, 0.25) is 11.8 Å². The Morgan fingerprint density at radius 3 is 2.17 bits per heavy atom. The molecule has 0 spiro atoms. The van der Waals surface area contributed by atoms with Gasteiger partial charge in [0.05, 0.1) is 5.69 Å². The van der Waals surface area contributed by atoms with Crippen LogP contribution in [-0.4, -0.2) is 17.9 Å². The first kappa shape index (κ1) is 20.1. The predicted molar refractivity (Wildman–Crippen MR) is 114 cm³/mol. The second kappa shape index (κ2) is 10.1. The van der Waals surface area contributed by atoms with E-state index in [1.165, 1.54) is 0 Å². The zero-order valence-electron chi connectivity index (χ0n) is 16.3. The van der Waals surface area contributed by atoms with Crippen LogP contribution in [0.4, 0.5) is 5.69 Å². The average Bonchev–Trinajstić information content (AvgIpc) is 2.76. The molecular formula is C24H24N2O3. The van der Waals surface area contributed by atoms with Crippen molar-refractivity contribution in [2.24, 2.45) is 0 Å². The third-order valence-electron chi connectivity index (χ3n) is 4.37. The van der Waals surface area contributed by atoms with Gasteiger partial charge in [-0.2, -0.15) is 0 Å². The minimum Gasteiger partial charge on any atom is -0.455 e. The number of nitrogens with one attached hydrogen (secondary N) is 2. The van der Waals surface area contributed by atoms with Crippen LogP contribution in [0.5, 0.6) is 11.5 Å². The van der Waals surface area contributed by atoms with Crippen LogP contribution in [0.1, 0.15) is 18.9 Å². The Bertz CT molecular complexity index is 943. The zero-order chi connectivity index (χ0) is 20.5. The summed E-state index contributed by atoms with van der Waals surface area (Å²) in [5.41, 5.74) is 1.52. The normalized spacial score (nSPS) is 11.3. The van der Waals surface area contributed by atoms with Crippen LogP contribution < -0.4 is 15.4 Å². The molecule has 1 unspecified atom stereocenters. The first-order chi connectivity index (χ1) is 14.2. The van der Waals surface area contributed by atoms with Gasteiger partial charge in [-0.25, -0.2) is 0 Å². The minimum atomic E-state index is -0.686. The van der Waals surface area contributed by atoms with Crippen molar-refractivity contribution in [1.29, 1.82) is 0 Å². The van der Waals surface area contributed by atoms with Gasteiger partial charge in [0.15, 0.2) is 5.75 Å². The monoisotopic (exact) mass is 388 g/mol. The molecule has 3 aromatic carbocycles. The lowest BCUT2D eigenvalue weighted by Gasteiger charge is -2.19. The summed E-state index contributed by atoms with van der Waals surface area (Å²) < 4.78 is 5.91. The number of carbonyl (C=O) groups is 2. The Hall–Kier alpha value is -3.60. The third kappa shape index (κ3) is 5.94. The predicted octanol–water partition coefficient (Wildman–Crippen LogP) is 4.55. The second-order valence-corrected chi connectivity index (χ2v) is 6.56. The summed E-state index contributed by atoms with van der Waals surface area (Å²) in [5.74, 6) is 0.747. The number of rotatable bonds is 8. The van der Waals surface area contributed by atoms with Crippen LogP contribution in [0.3, 0.4) is 0 Å². The van der Waals surface area contributed by atoms with Crippen molar-refractivity contribution in [2.45, 2.75) is 25.8 Å². The summed E-state index contributed by atoms with van der Waals surface area (Å²) in [7, 11) is 0. The molecule has 5 heteroatoms. The molecule has 1 atom stereocenters. The van der Waals surface area contributed by atoms with Crippen molar-refractivity contribution in [2.75, 3.05) is 5.32 Å². The van der Waals surface area contributed by atoms with Crippen LogP contribution in [-0.2, 0) is 16.0 Å². The second-order valence-electron chi connectivity index (χ2n) is 6.56. The fourth-order valence-electron chi connectivity index (χ4n) is 2.85. The number of anilines is 1. The molecule has 0 aliphatic rings. The smallest absolute Gasteiger partial charge is 0.247 e. The molecule has 2 amide bonds. The highest BCUT2D eigenvalue weighted by molar-refractivity contribution is 5.98. The molecule has 0 fully saturated rings. The number of benzene rings is 3. The van der Waals surface area contributed by atoms with E-state index in [4.69, 9.17) is 4.74 Å². The lowest BCUT2D eigenvalue weighted by Crippen LogP contribution is -2.45. The Morgan fingerprint density at radius 2 is 1.48 bits per heavy atom. The molecular weight excluding hydrogens is 364 g/mol. The number of hydrogen-bond acceptors (Lipinski definition) is 3. The van der Waals surface area contributed by atoms with Crippen LogP contribution in [0.25, 0.3) is 0 Å². The maximum Gasteiger partial charge on any atom is 0.247 e. The van der Waals surface area contributed by atoms with Gasteiger partial charge in [-0.3, -0.25) is 9.59 Å². The van der Waals surface area contributed by atoms with E-state index >= 15 is 0 Å². The Morgan fingerprint density at radius 1 is 0.862 bits per heavy atom. The number of hydrogen-bond donors (Lipinski definition) is 2. The molecule has 3 aromatic rings. The Balaban J connectivity index is 1.77. The lowest BCUT2D eigenvalue weighted by atomic mass is 10.0. The molecule has 2 N–H and O–H groups in total. The van der Waals surface area contributed by atoms with Crippen LogP contribution in [0.2, 0.25) is 0 Å². The van der Waals surface area contributed by atoms with E-state index in [0.717, 1.165) is 5.56 Å². The van der Waals surface area contributed by atoms with Crippen molar-refractivity contribution < 1.29 is 14.3 Å². The van der Waals surface area contributed by atoms with Gasteiger partial charge >= 0.3 is 0 Å². The maximum absolute atomic E-state index is 13.0. The van der Waals surface area contributed by atoms with E-state index in [0.29, 0.717) is 30.0 Å². The quantitative estimate of drug-likeness (QED) is 0.595. The molecule has 0 saturated carbocycles. The van der Waals surface area contributed by atoms with E-state index < -0.39 is 6.04 Å². The first-order valence-corrected chi connectivity index (χ1v) is 9.62. The molecule has 29 heavy (non-hydrogen) atoms. The van der Waals surface area contributed by atoms with Crippen molar-refractivity contribution >= 4 is 17.5 Å². The van der Waals surface area contributed by atoms with Crippen molar-refractivity contribution in [3.05, 3.63) is 90.5 Å². The molecule has 0 heterocycles. The van der Waals surface area contributed by atoms with Crippen molar-refractivity contribution in [3.63, 3.8) is 0 Å². The molecule has 3 rings (SSSR count). The molecule has 148 valence electrons. The van der Waals surface area contributed by atoms with Gasteiger partial charge < -0.3 is 15.4 Å². The maximum atomic E-state index is 13.0. The lowest BCUT2D eigenvalue weighted by molar-refractivity contribution is -0.126. The summed E-state index contributed by atoms with van der Waals surface area (Å²) >= 11 is 0. The molecule has 0 saturated heterocycles. The number of amides is 2. The van der Waals surface area contributed by atoms with Gasteiger partial charge in [-0.05, 0) is 29.8 Å². The average molecular weight is 388 g/mol. The highest BCUT2D eigenvalue weighted by Crippen LogP contribution is 2.29. The molecule has 5 nitrogen and oxygen atoms in total. The van der Waals surface area contributed by atoms with E-state index in [-0.39, 0.29) is 11.8 Å². The number of carbonyl (C=O) groups excluding carboxylic acids is 2. The van der Waals surface area contributed by atoms with E-state index in [2.05, 4.69) is 10.6 Å². The SMILES string of the molecule is CCC(=O)NC(Cc1ccccc1)C(=O)Nc1ccccc1Oc1ccccc1. The zero-order valence-corrected chi connectivity index (χ0v) is 16.3. The van der Waals surface area contributed by atoms with Gasteiger partial charge in [-0.15, -0.1) is 0 Å². The van der Waals surface area contributed by atoms with E-state index in [1.54, 1.807) is 19.1 Å². The summed E-state index contributed by atoms with van der Waals surface area (Å²) in [6, 6.07) is 25.5. The van der Waals surface area contributed by atoms with Crippen LogP contribution in [0.15, 0.2) is 84.9 Å². The Kier molecular flexibility index (Phi) is 7.00. The number of para-hydroxylation sites is 3. The third-order valence-corrected chi connectivity index (χ3v) is 4.37. The van der Waals surface area contributed by atoms with Gasteiger partial charge in [-0.1, -0.05) is 67.6 Å². The molecule has 0 radical (unpaired) electrons. The van der Waals surface area contributed by atoms with Crippen LogP contribution >= 0.6 is 0 Å². The topological polar surface area (TPSA) is 67.4 Å². The first-order valence-electron chi connectivity index (χ1n) is 9.62. The largest absolute Gasteiger partial charge is 0.455 e. The van der Waals surface area contributed by atoms with Crippen LogP contribution in [0, 0.1) is 0 Å². The van der Waals surface area contributed by atoms with E-state index in [1.807, 2.05) is 72.8 Å². The summed E-state index contributed by atoms with van der Waals surface area (Å²) in [6.45, 7) is 1.76. The molecule has 0 aliphatic carbocycles. The highest BCUT2D eigenvalue weighted by atomic mass is 16.5. The fraction of sp³-hybridized carbons (Fsp3) is 0.167. The van der Waals surface area contributed by atoms with Crippen molar-refractivity contribution in [1.82, 2.24) is 5.32 Å². The highest BCUT2D eigenvalue weighted by Gasteiger charge is 2.22. The minimum absolute atomic E-state index is 0.171. The standard InChI is InChI=1S/C24H24N2O3/c1-2-23(27)25-21(17-18-11-5-3-6-12-18)24(28)26-20-15-9-10-16-22(20)29-19-13-7-4-8-14-19/h3-16,21H,2,17H2,1H3,(H,25,27)(H,26,28). The van der Waals surface area contributed by atoms with Gasteiger partial charge in [0.1, 0.15) is 11.8 Å². The van der Waals surface area contributed by atoms with E-state index in [9.17, 15) is 9.59 Å². The summed E-state index contributed by atoms with van der Waals surface area (Å²) in [6.07, 6.45) is 0.715. The molecule has 0 bridgehead atoms. The van der Waals surface area contributed by atoms with Gasteiger partial charge in [0.25, 0.3) is 0 Å². The molecule has 0 aromatic heterocycles.